The zero-order valence-electron chi connectivity index (χ0n) is 18.2. The summed E-state index contributed by atoms with van der Waals surface area (Å²) in [4.78, 5) is 20.0. The Labute approximate surface area is 183 Å². The minimum Gasteiger partial charge on any atom is -0.320 e. The number of aryl methyl sites for hydroxylation is 2. The summed E-state index contributed by atoms with van der Waals surface area (Å²) in [7, 11) is 0. The Morgan fingerprint density at radius 2 is 1.68 bits per heavy atom. The van der Waals surface area contributed by atoms with E-state index in [1.807, 2.05) is 17.0 Å². The Hall–Kier alpha value is -3.40. The van der Waals surface area contributed by atoms with E-state index in [9.17, 15) is 4.79 Å². The summed E-state index contributed by atoms with van der Waals surface area (Å²) in [6, 6.07) is 25.2. The van der Waals surface area contributed by atoms with E-state index >= 15 is 0 Å². The largest absolute Gasteiger partial charge is 0.320 e. The number of carbonyl (C=O) groups is 1. The number of nitrogens with zero attached hydrogens (tertiary/aromatic N) is 3. The molecule has 1 fully saturated rings. The molecular formula is C27H27N3O. The standard InChI is InChI=1S/C27H27N3O/c1-18-13-14-23(15-19(18)2)29-17-22(16-26(29)31)27-28-24-11-7-8-12-25(24)30(27)20(3)21-9-5-4-6-10-21/h4-15,20,22H,16-17H2,1-3H3. The van der Waals surface area contributed by atoms with Gasteiger partial charge in [-0.05, 0) is 61.7 Å². The minimum absolute atomic E-state index is 0.0627. The summed E-state index contributed by atoms with van der Waals surface area (Å²) in [5, 5.41) is 0. The van der Waals surface area contributed by atoms with Gasteiger partial charge >= 0.3 is 0 Å². The van der Waals surface area contributed by atoms with Crippen LogP contribution in [0.2, 0.25) is 0 Å². The van der Waals surface area contributed by atoms with Crippen LogP contribution >= 0.6 is 0 Å². The molecular weight excluding hydrogens is 382 g/mol. The van der Waals surface area contributed by atoms with Crippen molar-refractivity contribution in [3.8, 4) is 0 Å². The maximum Gasteiger partial charge on any atom is 0.227 e. The third-order valence-corrected chi connectivity index (χ3v) is 6.58. The van der Waals surface area contributed by atoms with Crippen molar-refractivity contribution in [1.82, 2.24) is 9.55 Å². The third-order valence-electron chi connectivity index (χ3n) is 6.58. The van der Waals surface area contributed by atoms with E-state index in [-0.39, 0.29) is 17.9 Å². The number of para-hydroxylation sites is 2. The fraction of sp³-hybridized carbons (Fsp3) is 0.259. The number of fused-ring (bicyclic) bond motifs is 1. The first kappa shape index (κ1) is 19.6. The van der Waals surface area contributed by atoms with Gasteiger partial charge in [-0.2, -0.15) is 0 Å². The maximum absolute atomic E-state index is 13.0. The van der Waals surface area contributed by atoms with Gasteiger partial charge in [-0.1, -0.05) is 48.5 Å². The van der Waals surface area contributed by atoms with E-state index in [1.54, 1.807) is 0 Å². The van der Waals surface area contributed by atoms with Crippen molar-refractivity contribution in [2.75, 3.05) is 11.4 Å². The Morgan fingerprint density at radius 1 is 0.935 bits per heavy atom. The maximum atomic E-state index is 13.0. The van der Waals surface area contributed by atoms with E-state index in [4.69, 9.17) is 4.98 Å². The number of imidazole rings is 1. The first-order valence-electron chi connectivity index (χ1n) is 10.9. The summed E-state index contributed by atoms with van der Waals surface area (Å²) in [5.41, 5.74) is 6.77. The van der Waals surface area contributed by atoms with Gasteiger partial charge in [0.25, 0.3) is 0 Å². The van der Waals surface area contributed by atoms with Crippen LogP contribution in [0.5, 0.6) is 0 Å². The summed E-state index contributed by atoms with van der Waals surface area (Å²) in [6.07, 6.45) is 0.484. The first-order chi connectivity index (χ1) is 15.0. The Morgan fingerprint density at radius 3 is 2.45 bits per heavy atom. The smallest absolute Gasteiger partial charge is 0.227 e. The summed E-state index contributed by atoms with van der Waals surface area (Å²) >= 11 is 0. The number of carbonyl (C=O) groups excluding carboxylic acids is 1. The average Bonchev–Trinajstić information content (AvgIpc) is 3.36. The molecule has 1 saturated heterocycles. The number of hydrogen-bond donors (Lipinski definition) is 0. The van der Waals surface area contributed by atoms with E-state index in [1.165, 1.54) is 16.7 Å². The van der Waals surface area contributed by atoms with Crippen LogP contribution in [0.3, 0.4) is 0 Å². The molecule has 4 aromatic rings. The molecule has 0 bridgehead atoms. The second kappa shape index (κ2) is 7.69. The van der Waals surface area contributed by atoms with Crippen molar-refractivity contribution >= 4 is 22.6 Å². The fourth-order valence-electron chi connectivity index (χ4n) is 4.66. The summed E-state index contributed by atoms with van der Waals surface area (Å²) < 4.78 is 2.33. The SMILES string of the molecule is Cc1ccc(N2CC(c3nc4ccccc4n3C(C)c3ccccc3)CC2=O)cc1C. The minimum atomic E-state index is 0.0627. The van der Waals surface area contributed by atoms with E-state index < -0.39 is 0 Å². The number of benzene rings is 3. The van der Waals surface area contributed by atoms with Crippen LogP contribution in [0.4, 0.5) is 5.69 Å². The molecule has 1 aliphatic heterocycles. The van der Waals surface area contributed by atoms with Crippen LogP contribution in [0.15, 0.2) is 72.8 Å². The normalized spacial score (nSPS) is 17.5. The quantitative estimate of drug-likeness (QED) is 0.428. The van der Waals surface area contributed by atoms with Crippen LogP contribution < -0.4 is 4.90 Å². The van der Waals surface area contributed by atoms with Crippen molar-refractivity contribution in [1.29, 1.82) is 0 Å². The zero-order chi connectivity index (χ0) is 21.5. The van der Waals surface area contributed by atoms with Crippen molar-refractivity contribution in [2.24, 2.45) is 0 Å². The van der Waals surface area contributed by atoms with Crippen molar-refractivity contribution in [3.63, 3.8) is 0 Å². The monoisotopic (exact) mass is 409 g/mol. The predicted molar refractivity (Wildman–Crippen MR) is 126 cm³/mol. The van der Waals surface area contributed by atoms with Gasteiger partial charge in [0.1, 0.15) is 5.82 Å². The Kier molecular flexibility index (Phi) is 4.85. The highest BCUT2D eigenvalue weighted by atomic mass is 16.2. The van der Waals surface area contributed by atoms with E-state index in [0.717, 1.165) is 22.5 Å². The molecule has 5 rings (SSSR count). The molecule has 0 N–H and O–H groups in total. The van der Waals surface area contributed by atoms with Crippen molar-refractivity contribution in [2.45, 2.75) is 39.2 Å². The summed E-state index contributed by atoms with van der Waals surface area (Å²) in [5.74, 6) is 1.23. The second-order valence-electron chi connectivity index (χ2n) is 8.59. The molecule has 31 heavy (non-hydrogen) atoms. The molecule has 0 saturated carbocycles. The Bertz CT molecular complexity index is 1260. The van der Waals surface area contributed by atoms with Gasteiger partial charge in [0, 0.05) is 24.6 Å². The van der Waals surface area contributed by atoms with E-state index in [0.29, 0.717) is 13.0 Å². The number of aromatic nitrogens is 2. The average molecular weight is 410 g/mol. The lowest BCUT2D eigenvalue weighted by molar-refractivity contribution is -0.117. The highest BCUT2D eigenvalue weighted by Crippen LogP contribution is 2.36. The van der Waals surface area contributed by atoms with Crippen LogP contribution in [0.25, 0.3) is 11.0 Å². The fourth-order valence-corrected chi connectivity index (χ4v) is 4.66. The number of hydrogen-bond acceptors (Lipinski definition) is 2. The molecule has 1 aliphatic rings. The molecule has 0 spiro atoms. The summed E-state index contributed by atoms with van der Waals surface area (Å²) in [6.45, 7) is 7.07. The molecule has 0 aliphatic carbocycles. The van der Waals surface area contributed by atoms with Gasteiger partial charge in [-0.3, -0.25) is 4.79 Å². The van der Waals surface area contributed by atoms with Crippen molar-refractivity contribution < 1.29 is 4.79 Å². The van der Waals surface area contributed by atoms with Crippen LogP contribution in [0.1, 0.15) is 47.8 Å². The molecule has 3 aromatic carbocycles. The van der Waals surface area contributed by atoms with Gasteiger partial charge in [0.15, 0.2) is 0 Å². The lowest BCUT2D eigenvalue weighted by Crippen LogP contribution is -2.24. The molecule has 2 heterocycles. The van der Waals surface area contributed by atoms with Crippen LogP contribution in [-0.2, 0) is 4.79 Å². The second-order valence-corrected chi connectivity index (χ2v) is 8.59. The van der Waals surface area contributed by atoms with E-state index in [2.05, 4.69) is 86.0 Å². The molecule has 4 heteroatoms. The molecule has 1 aromatic heterocycles. The molecule has 1 amide bonds. The van der Waals surface area contributed by atoms with Gasteiger partial charge in [-0.15, -0.1) is 0 Å². The van der Waals surface area contributed by atoms with Gasteiger partial charge < -0.3 is 9.47 Å². The predicted octanol–water partition coefficient (Wildman–Crippen LogP) is 5.78. The number of rotatable bonds is 4. The molecule has 0 radical (unpaired) electrons. The van der Waals surface area contributed by atoms with Gasteiger partial charge in [0.2, 0.25) is 5.91 Å². The molecule has 2 unspecified atom stereocenters. The van der Waals surface area contributed by atoms with Crippen LogP contribution in [0, 0.1) is 13.8 Å². The van der Waals surface area contributed by atoms with Crippen molar-refractivity contribution in [3.05, 3.63) is 95.3 Å². The topological polar surface area (TPSA) is 38.1 Å². The van der Waals surface area contributed by atoms with Gasteiger partial charge in [-0.25, -0.2) is 4.98 Å². The molecule has 2 atom stereocenters. The first-order valence-corrected chi connectivity index (χ1v) is 10.9. The lowest BCUT2D eigenvalue weighted by atomic mass is 10.0. The molecule has 4 nitrogen and oxygen atoms in total. The zero-order valence-corrected chi connectivity index (χ0v) is 18.2. The number of anilines is 1. The Balaban J connectivity index is 1.56. The highest BCUT2D eigenvalue weighted by molar-refractivity contribution is 5.96. The lowest BCUT2D eigenvalue weighted by Gasteiger charge is -2.21. The van der Waals surface area contributed by atoms with Gasteiger partial charge in [0.05, 0.1) is 17.1 Å². The highest BCUT2D eigenvalue weighted by Gasteiger charge is 2.35. The third kappa shape index (κ3) is 3.42. The molecule has 156 valence electrons. The van der Waals surface area contributed by atoms with Crippen LogP contribution in [-0.4, -0.2) is 22.0 Å². The number of amides is 1.